The third-order valence-corrected chi connectivity index (χ3v) is 3.93. The average Bonchev–Trinajstić information content (AvgIpc) is 3.37. The molecular weight excluding hydrogens is 360 g/mol. The maximum Gasteiger partial charge on any atom is 0.330 e. The quantitative estimate of drug-likeness (QED) is 0.283. The smallest absolute Gasteiger partial charge is 0.330 e. The molecule has 0 amide bonds. The number of methoxy groups -OCH3 is 1. The Balaban J connectivity index is 1.92. The Kier molecular flexibility index (Phi) is 5.81. The number of rotatable bonds is 7. The molecule has 8 nitrogen and oxygen atoms in total. The molecule has 0 atom stereocenters. The Morgan fingerprint density at radius 1 is 1.29 bits per heavy atom. The molecule has 2 heterocycles. The van der Waals surface area contributed by atoms with E-state index < -0.39 is 11.8 Å². The van der Waals surface area contributed by atoms with Gasteiger partial charge in [0.2, 0.25) is 5.78 Å². The first-order valence-corrected chi connectivity index (χ1v) is 8.37. The molecule has 0 saturated heterocycles. The maximum atomic E-state index is 12.1. The minimum atomic E-state index is -0.502. The highest BCUT2D eigenvalue weighted by Gasteiger charge is 2.12. The van der Waals surface area contributed by atoms with Gasteiger partial charge in [0, 0.05) is 36.2 Å². The first-order chi connectivity index (χ1) is 13.6. The number of allylic oxidation sites excluding steroid dienone is 1. The predicted octanol–water partition coefficient (Wildman–Crippen LogP) is 2.62. The van der Waals surface area contributed by atoms with Gasteiger partial charge in [0.05, 0.1) is 7.11 Å². The molecule has 0 saturated carbocycles. The van der Waals surface area contributed by atoms with Crippen LogP contribution in [0.2, 0.25) is 0 Å². The Morgan fingerprint density at radius 3 is 2.75 bits per heavy atom. The number of hydrogen-bond acceptors (Lipinski definition) is 6. The summed E-state index contributed by atoms with van der Waals surface area (Å²) in [6, 6.07) is 11.4. The fourth-order valence-corrected chi connectivity index (χ4v) is 2.54. The zero-order valence-corrected chi connectivity index (χ0v) is 15.1. The molecule has 0 aliphatic heterocycles. The lowest BCUT2D eigenvalue weighted by Crippen LogP contribution is -2.01. The number of H-pyrrole nitrogens is 1. The Bertz CT molecular complexity index is 1020. The molecule has 0 unspecified atom stereocenters. The fourth-order valence-electron chi connectivity index (χ4n) is 2.54. The molecule has 0 bridgehead atoms. The van der Waals surface area contributed by atoms with Crippen LogP contribution in [-0.4, -0.2) is 43.7 Å². The number of aromatic nitrogens is 4. The second-order valence-electron chi connectivity index (χ2n) is 5.85. The number of aromatic amines is 1. The van der Waals surface area contributed by atoms with Crippen molar-refractivity contribution in [3.05, 3.63) is 83.7 Å². The summed E-state index contributed by atoms with van der Waals surface area (Å²) >= 11 is 0. The van der Waals surface area contributed by atoms with E-state index in [1.165, 1.54) is 19.5 Å². The van der Waals surface area contributed by atoms with Crippen LogP contribution < -0.4 is 0 Å². The first-order valence-electron chi connectivity index (χ1n) is 8.37. The maximum absolute atomic E-state index is 12.1. The minimum absolute atomic E-state index is 0.0288. The van der Waals surface area contributed by atoms with Crippen molar-refractivity contribution in [2.24, 2.45) is 0 Å². The second kappa shape index (κ2) is 8.63. The molecule has 8 heteroatoms. The Hall–Kier alpha value is -3.94. The number of aliphatic hydroxyl groups excluding tert-OH is 1. The molecular formula is C20H18N4O4. The van der Waals surface area contributed by atoms with Crippen molar-refractivity contribution in [1.29, 1.82) is 0 Å². The van der Waals surface area contributed by atoms with Crippen LogP contribution in [0.1, 0.15) is 27.4 Å². The largest absolute Gasteiger partial charge is 0.507 e. The van der Waals surface area contributed by atoms with Crippen molar-refractivity contribution < 1.29 is 19.4 Å². The predicted molar refractivity (Wildman–Crippen MR) is 102 cm³/mol. The molecule has 3 rings (SSSR count). The van der Waals surface area contributed by atoms with E-state index in [-0.39, 0.29) is 11.6 Å². The number of ketones is 1. The van der Waals surface area contributed by atoms with Crippen molar-refractivity contribution >= 4 is 23.6 Å². The lowest BCUT2D eigenvalue weighted by molar-refractivity contribution is -0.134. The summed E-state index contributed by atoms with van der Waals surface area (Å²) in [6.07, 6.45) is 6.86. The van der Waals surface area contributed by atoms with Crippen molar-refractivity contribution in [3.8, 4) is 0 Å². The lowest BCUT2D eigenvalue weighted by atomic mass is 10.2. The zero-order chi connectivity index (χ0) is 19.9. The van der Waals surface area contributed by atoms with E-state index in [1.54, 1.807) is 18.3 Å². The highest BCUT2D eigenvalue weighted by Crippen LogP contribution is 2.19. The molecule has 2 N–H and O–H groups in total. The van der Waals surface area contributed by atoms with Gasteiger partial charge in [-0.2, -0.15) is 5.10 Å². The Labute approximate surface area is 160 Å². The van der Waals surface area contributed by atoms with Gasteiger partial charge in [0.15, 0.2) is 5.82 Å². The van der Waals surface area contributed by atoms with Crippen LogP contribution in [0.5, 0.6) is 0 Å². The van der Waals surface area contributed by atoms with Gasteiger partial charge in [-0.15, -0.1) is 0 Å². The molecule has 3 aromatic rings. The molecule has 0 radical (unpaired) electrons. The van der Waals surface area contributed by atoms with Gasteiger partial charge in [-0.25, -0.2) is 9.78 Å². The van der Waals surface area contributed by atoms with Gasteiger partial charge < -0.3 is 14.4 Å². The number of aliphatic hydroxyl groups is 1. The summed E-state index contributed by atoms with van der Waals surface area (Å²) in [7, 11) is 1.30. The van der Waals surface area contributed by atoms with E-state index in [9.17, 15) is 14.7 Å². The monoisotopic (exact) mass is 378 g/mol. The van der Waals surface area contributed by atoms with E-state index in [1.807, 2.05) is 34.9 Å². The van der Waals surface area contributed by atoms with Crippen molar-refractivity contribution in [2.45, 2.75) is 6.54 Å². The van der Waals surface area contributed by atoms with Crippen molar-refractivity contribution in [2.75, 3.05) is 7.11 Å². The summed E-state index contributed by atoms with van der Waals surface area (Å²) < 4.78 is 6.48. The van der Waals surface area contributed by atoms with Crippen LogP contribution in [0.3, 0.4) is 0 Å². The SMILES string of the molecule is COC(=O)/C=C/c1cc(C(O)=CC(=O)c2ncn[nH]2)cn1Cc1ccccc1. The van der Waals surface area contributed by atoms with Crippen LogP contribution in [0.15, 0.2) is 61.1 Å². The summed E-state index contributed by atoms with van der Waals surface area (Å²) in [5, 5.41) is 16.4. The van der Waals surface area contributed by atoms with Crippen LogP contribution in [0, 0.1) is 0 Å². The number of carbonyl (C=O) groups excluding carboxylic acids is 2. The van der Waals surface area contributed by atoms with E-state index in [4.69, 9.17) is 0 Å². The number of hydrogen-bond donors (Lipinski definition) is 2. The van der Waals surface area contributed by atoms with Gasteiger partial charge in [-0.05, 0) is 17.7 Å². The van der Waals surface area contributed by atoms with Crippen molar-refractivity contribution in [3.63, 3.8) is 0 Å². The summed E-state index contributed by atoms with van der Waals surface area (Å²) in [4.78, 5) is 27.3. The second-order valence-corrected chi connectivity index (χ2v) is 5.85. The average molecular weight is 378 g/mol. The number of carbonyl (C=O) groups is 2. The standard InChI is InChI=1S/C20H18N4O4/c1-28-19(27)8-7-16-9-15(12-24(16)11-14-5-3-2-4-6-14)17(25)10-18(26)20-21-13-22-23-20/h2-10,12-13,25H,11H2,1H3,(H,21,22,23)/b8-7+,17-10?. The van der Waals surface area contributed by atoms with Gasteiger partial charge in [0.1, 0.15) is 12.1 Å². The molecule has 0 aliphatic rings. The molecule has 142 valence electrons. The number of ether oxygens (including phenoxy) is 1. The molecule has 2 aromatic heterocycles. The highest BCUT2D eigenvalue weighted by molar-refractivity contribution is 6.05. The van der Waals surface area contributed by atoms with E-state index in [0.29, 0.717) is 17.8 Å². The van der Waals surface area contributed by atoms with Crippen LogP contribution in [0.4, 0.5) is 0 Å². The molecule has 0 aliphatic carbocycles. The van der Waals surface area contributed by atoms with Gasteiger partial charge in [-0.3, -0.25) is 9.89 Å². The van der Waals surface area contributed by atoms with Gasteiger partial charge in [-0.1, -0.05) is 30.3 Å². The summed E-state index contributed by atoms with van der Waals surface area (Å²) in [5.41, 5.74) is 2.13. The Morgan fingerprint density at radius 2 is 2.07 bits per heavy atom. The van der Waals surface area contributed by atoms with Crippen LogP contribution >= 0.6 is 0 Å². The summed E-state index contributed by atoms with van der Waals surface area (Å²) in [6.45, 7) is 0.519. The van der Waals surface area contributed by atoms with Crippen molar-refractivity contribution in [1.82, 2.24) is 19.7 Å². The van der Waals surface area contributed by atoms with Gasteiger partial charge in [0.25, 0.3) is 0 Å². The third-order valence-electron chi connectivity index (χ3n) is 3.93. The van der Waals surface area contributed by atoms with E-state index in [2.05, 4.69) is 19.9 Å². The summed E-state index contributed by atoms with van der Waals surface area (Å²) in [5.74, 6) is -1.19. The molecule has 0 spiro atoms. The molecule has 28 heavy (non-hydrogen) atoms. The third kappa shape index (κ3) is 4.61. The van der Waals surface area contributed by atoms with E-state index in [0.717, 1.165) is 11.6 Å². The number of nitrogens with zero attached hydrogens (tertiary/aromatic N) is 3. The van der Waals surface area contributed by atoms with Crippen LogP contribution in [0.25, 0.3) is 11.8 Å². The fraction of sp³-hybridized carbons (Fsp3) is 0.100. The topological polar surface area (TPSA) is 110 Å². The normalized spacial score (nSPS) is 11.7. The molecule has 0 fully saturated rings. The number of esters is 1. The lowest BCUT2D eigenvalue weighted by Gasteiger charge is -2.06. The van der Waals surface area contributed by atoms with E-state index >= 15 is 0 Å². The van der Waals surface area contributed by atoms with Crippen LogP contribution in [-0.2, 0) is 16.1 Å². The number of nitrogens with one attached hydrogen (secondary N) is 1. The first kappa shape index (κ1) is 18.8. The number of benzene rings is 1. The van der Waals surface area contributed by atoms with Gasteiger partial charge >= 0.3 is 5.97 Å². The molecule has 1 aromatic carbocycles. The highest BCUT2D eigenvalue weighted by atomic mass is 16.5. The zero-order valence-electron chi connectivity index (χ0n) is 15.1. The minimum Gasteiger partial charge on any atom is -0.507 e.